The van der Waals surface area contributed by atoms with Gasteiger partial charge in [-0.25, -0.2) is 4.98 Å². The summed E-state index contributed by atoms with van der Waals surface area (Å²) >= 11 is 0. The topological polar surface area (TPSA) is 87.8 Å². The second-order valence-corrected chi connectivity index (χ2v) is 7.19. The van der Waals surface area contributed by atoms with E-state index in [1.54, 1.807) is 30.3 Å². The number of aromatic hydroxyl groups is 2. The molecule has 6 heteroatoms. The largest absolute Gasteiger partial charge is 0.507 e. The van der Waals surface area contributed by atoms with Gasteiger partial charge in [0, 0.05) is 5.39 Å². The third-order valence-electron chi connectivity index (χ3n) is 5.38. The Bertz CT molecular complexity index is 1440. The van der Waals surface area contributed by atoms with Crippen LogP contribution in [0.2, 0.25) is 0 Å². The average Bonchev–Trinajstić information content (AvgIpc) is 3.38. The standard InChI is InChI=1S/C24H16N2O4/c27-16-7-3-1-5-14(16)23-25-21-18(29-23)11-9-13-10-12-19-22(20(13)21)26-24(30-19)15-6-2-4-8-17(15)28/h1-12,23,25,27-28H. The van der Waals surface area contributed by atoms with E-state index in [0.717, 1.165) is 16.5 Å². The lowest BCUT2D eigenvalue weighted by atomic mass is 10.1. The van der Waals surface area contributed by atoms with Crippen molar-refractivity contribution in [3.8, 4) is 28.7 Å². The molecule has 1 unspecified atom stereocenters. The second-order valence-electron chi connectivity index (χ2n) is 7.19. The van der Waals surface area contributed by atoms with E-state index in [1.165, 1.54) is 0 Å². The summed E-state index contributed by atoms with van der Waals surface area (Å²) in [5.41, 5.74) is 3.27. The van der Waals surface area contributed by atoms with E-state index >= 15 is 0 Å². The fourth-order valence-electron chi connectivity index (χ4n) is 3.93. The van der Waals surface area contributed by atoms with E-state index in [-0.39, 0.29) is 11.5 Å². The summed E-state index contributed by atoms with van der Waals surface area (Å²) < 4.78 is 12.0. The number of hydrogen-bond donors (Lipinski definition) is 3. The summed E-state index contributed by atoms with van der Waals surface area (Å²) in [4.78, 5) is 4.69. The number of phenolic OH excluding ortho intramolecular Hbond substituents is 2. The van der Waals surface area contributed by atoms with Crippen LogP contribution >= 0.6 is 0 Å². The quantitative estimate of drug-likeness (QED) is 0.362. The summed E-state index contributed by atoms with van der Waals surface area (Å²) in [6.07, 6.45) is -0.508. The normalized spacial score (nSPS) is 15.1. The number of aromatic nitrogens is 1. The molecule has 4 aromatic carbocycles. The van der Waals surface area contributed by atoms with Gasteiger partial charge >= 0.3 is 0 Å². The fourth-order valence-corrected chi connectivity index (χ4v) is 3.93. The first-order valence-electron chi connectivity index (χ1n) is 9.55. The van der Waals surface area contributed by atoms with Crippen molar-refractivity contribution in [3.05, 3.63) is 78.4 Å². The van der Waals surface area contributed by atoms with E-state index < -0.39 is 6.23 Å². The van der Waals surface area contributed by atoms with Gasteiger partial charge in [-0.3, -0.25) is 0 Å². The number of fused-ring (bicyclic) bond motifs is 5. The zero-order valence-electron chi connectivity index (χ0n) is 15.7. The predicted molar refractivity (Wildman–Crippen MR) is 114 cm³/mol. The number of benzene rings is 4. The van der Waals surface area contributed by atoms with Gasteiger partial charge in [0.2, 0.25) is 5.89 Å². The maximum absolute atomic E-state index is 10.2. The summed E-state index contributed by atoms with van der Waals surface area (Å²) in [5.74, 6) is 1.31. The Hall–Kier alpha value is -4.19. The molecule has 1 aliphatic rings. The number of nitrogens with zero attached hydrogens (tertiary/aromatic N) is 1. The number of anilines is 1. The van der Waals surface area contributed by atoms with E-state index in [4.69, 9.17) is 14.1 Å². The van der Waals surface area contributed by atoms with Crippen molar-refractivity contribution < 1.29 is 19.4 Å². The summed E-state index contributed by atoms with van der Waals surface area (Å²) in [7, 11) is 0. The molecule has 0 saturated carbocycles. The zero-order chi connectivity index (χ0) is 20.2. The highest BCUT2D eigenvalue weighted by Gasteiger charge is 2.28. The first-order chi connectivity index (χ1) is 14.7. The highest BCUT2D eigenvalue weighted by Crippen LogP contribution is 2.46. The number of ether oxygens (including phenoxy) is 1. The van der Waals surface area contributed by atoms with Crippen LogP contribution in [0.4, 0.5) is 5.69 Å². The number of rotatable bonds is 2. The van der Waals surface area contributed by atoms with Gasteiger partial charge in [0.1, 0.15) is 22.8 Å². The van der Waals surface area contributed by atoms with Crippen LogP contribution in [0.15, 0.2) is 77.2 Å². The van der Waals surface area contributed by atoms with Crippen molar-refractivity contribution in [2.45, 2.75) is 6.23 Å². The number of para-hydroxylation sites is 2. The summed E-state index contributed by atoms with van der Waals surface area (Å²) in [6, 6.07) is 21.7. The minimum atomic E-state index is -0.508. The number of hydrogen-bond acceptors (Lipinski definition) is 6. The van der Waals surface area contributed by atoms with Gasteiger partial charge in [-0.05, 0) is 41.8 Å². The fraction of sp³-hybridized carbons (Fsp3) is 0.0417. The third kappa shape index (κ3) is 2.40. The Kier molecular flexibility index (Phi) is 3.43. The number of phenols is 2. The van der Waals surface area contributed by atoms with Crippen LogP contribution in [-0.4, -0.2) is 15.2 Å². The average molecular weight is 396 g/mol. The molecule has 1 atom stereocenters. The van der Waals surface area contributed by atoms with E-state index in [9.17, 15) is 10.2 Å². The van der Waals surface area contributed by atoms with E-state index in [1.807, 2.05) is 42.5 Å². The van der Waals surface area contributed by atoms with Crippen LogP contribution in [0.1, 0.15) is 11.8 Å². The third-order valence-corrected chi connectivity index (χ3v) is 5.38. The molecule has 146 valence electrons. The lowest BCUT2D eigenvalue weighted by molar-refractivity contribution is 0.254. The summed E-state index contributed by atoms with van der Waals surface area (Å²) in [5, 5.41) is 25.6. The van der Waals surface area contributed by atoms with Crippen LogP contribution in [0.5, 0.6) is 17.2 Å². The van der Waals surface area contributed by atoms with Crippen LogP contribution in [0.25, 0.3) is 33.3 Å². The molecule has 0 amide bonds. The lowest BCUT2D eigenvalue weighted by Gasteiger charge is -2.12. The number of nitrogens with one attached hydrogen (secondary N) is 1. The number of oxazole rings is 1. The predicted octanol–water partition coefficient (Wildman–Crippen LogP) is 5.56. The van der Waals surface area contributed by atoms with Gasteiger partial charge in [-0.15, -0.1) is 0 Å². The van der Waals surface area contributed by atoms with Gasteiger partial charge in [0.25, 0.3) is 0 Å². The molecule has 5 aromatic rings. The van der Waals surface area contributed by atoms with Crippen LogP contribution in [-0.2, 0) is 0 Å². The van der Waals surface area contributed by atoms with Crippen molar-refractivity contribution >= 4 is 27.6 Å². The Balaban J connectivity index is 1.54. The maximum atomic E-state index is 10.2. The molecule has 0 radical (unpaired) electrons. The van der Waals surface area contributed by atoms with Gasteiger partial charge in [0.05, 0.1) is 16.8 Å². The summed E-state index contributed by atoms with van der Waals surface area (Å²) in [6.45, 7) is 0. The van der Waals surface area contributed by atoms with Crippen LogP contribution < -0.4 is 10.1 Å². The first kappa shape index (κ1) is 16.7. The molecular weight excluding hydrogens is 380 g/mol. The Labute approximate surface area is 171 Å². The van der Waals surface area contributed by atoms with Gasteiger partial charge in [-0.2, -0.15) is 0 Å². The molecule has 3 N–H and O–H groups in total. The van der Waals surface area contributed by atoms with Crippen molar-refractivity contribution in [1.29, 1.82) is 0 Å². The van der Waals surface area contributed by atoms with Gasteiger partial charge < -0.3 is 24.7 Å². The molecule has 0 bridgehead atoms. The Morgan fingerprint density at radius 2 is 1.60 bits per heavy atom. The molecule has 6 nitrogen and oxygen atoms in total. The molecule has 2 heterocycles. The van der Waals surface area contributed by atoms with Crippen molar-refractivity contribution in [3.63, 3.8) is 0 Å². The highest BCUT2D eigenvalue weighted by atomic mass is 16.5. The van der Waals surface area contributed by atoms with Gasteiger partial charge in [0.15, 0.2) is 11.8 Å². The molecule has 0 saturated heterocycles. The Morgan fingerprint density at radius 3 is 2.43 bits per heavy atom. The van der Waals surface area contributed by atoms with Gasteiger partial charge in [-0.1, -0.05) is 36.4 Å². The van der Waals surface area contributed by atoms with Crippen LogP contribution in [0.3, 0.4) is 0 Å². The molecule has 0 aliphatic carbocycles. The molecule has 1 aromatic heterocycles. The van der Waals surface area contributed by atoms with Crippen molar-refractivity contribution in [2.24, 2.45) is 0 Å². The SMILES string of the molecule is Oc1ccccc1-c1nc2c(ccc3ccc4c(c32)NC(c2ccccc2O)O4)o1. The first-order valence-corrected chi connectivity index (χ1v) is 9.55. The van der Waals surface area contributed by atoms with Crippen molar-refractivity contribution in [2.75, 3.05) is 5.32 Å². The second kappa shape index (κ2) is 6.15. The monoisotopic (exact) mass is 396 g/mol. The maximum Gasteiger partial charge on any atom is 0.231 e. The molecular formula is C24H16N2O4. The van der Waals surface area contributed by atoms with E-state index in [0.29, 0.717) is 33.9 Å². The molecule has 0 fully saturated rings. The van der Waals surface area contributed by atoms with E-state index in [2.05, 4.69) is 5.32 Å². The molecule has 1 aliphatic heterocycles. The lowest BCUT2D eigenvalue weighted by Crippen LogP contribution is -2.10. The van der Waals surface area contributed by atoms with Crippen LogP contribution in [0, 0.1) is 0 Å². The smallest absolute Gasteiger partial charge is 0.231 e. The minimum Gasteiger partial charge on any atom is -0.507 e. The minimum absolute atomic E-state index is 0.111. The molecule has 0 spiro atoms. The Morgan fingerprint density at radius 1 is 0.833 bits per heavy atom. The molecule has 30 heavy (non-hydrogen) atoms. The highest BCUT2D eigenvalue weighted by molar-refractivity contribution is 6.12. The van der Waals surface area contributed by atoms with Crippen molar-refractivity contribution in [1.82, 2.24) is 4.98 Å². The zero-order valence-corrected chi connectivity index (χ0v) is 15.7. The molecule has 6 rings (SSSR count).